The lowest BCUT2D eigenvalue weighted by Crippen LogP contribution is -2.15. The van der Waals surface area contributed by atoms with E-state index in [-0.39, 0.29) is 11.2 Å². The molecule has 1 aliphatic rings. The number of aromatic nitrogens is 3. The number of carbonyl (C=O) groups is 1. The molecule has 0 unspecified atom stereocenters. The Hall–Kier alpha value is -3.04. The van der Waals surface area contributed by atoms with E-state index in [4.69, 9.17) is 19.6 Å². The molecule has 164 valence electrons. The number of thioether (sulfide) groups is 1. The lowest BCUT2D eigenvalue weighted by molar-refractivity contribution is -0.113. The predicted octanol–water partition coefficient (Wildman–Crippen LogP) is 4.97. The highest BCUT2D eigenvalue weighted by Crippen LogP contribution is 2.46. The zero-order chi connectivity index (χ0) is 22.2. The van der Waals surface area contributed by atoms with Crippen molar-refractivity contribution in [1.29, 1.82) is 0 Å². The zero-order valence-electron chi connectivity index (χ0n) is 17.9. The maximum atomic E-state index is 12.6. The largest absolute Gasteiger partial charge is 0.493 e. The van der Waals surface area contributed by atoms with Gasteiger partial charge < -0.3 is 14.8 Å². The van der Waals surface area contributed by atoms with Gasteiger partial charge in [-0.25, -0.2) is 4.98 Å². The van der Waals surface area contributed by atoms with E-state index in [0.717, 1.165) is 32.2 Å². The Morgan fingerprint density at radius 1 is 1.22 bits per heavy atom. The molecular formula is C23H22N4O3S2. The van der Waals surface area contributed by atoms with Crippen LogP contribution in [0.1, 0.15) is 29.0 Å². The van der Waals surface area contributed by atoms with Crippen molar-refractivity contribution in [2.75, 3.05) is 24.8 Å². The third-order valence-electron chi connectivity index (χ3n) is 5.26. The van der Waals surface area contributed by atoms with E-state index >= 15 is 0 Å². The molecule has 1 N–H and O–H groups in total. The number of rotatable bonds is 5. The molecule has 0 spiro atoms. The molecule has 1 atom stereocenters. The van der Waals surface area contributed by atoms with Gasteiger partial charge in [-0.2, -0.15) is 9.78 Å². The lowest BCUT2D eigenvalue weighted by Gasteiger charge is -2.17. The maximum Gasteiger partial charge on any atom is 0.235 e. The normalized spacial score (nSPS) is 15.8. The minimum atomic E-state index is -0.0864. The topological polar surface area (TPSA) is 78.3 Å². The van der Waals surface area contributed by atoms with Gasteiger partial charge in [-0.15, -0.1) is 11.8 Å². The van der Waals surface area contributed by atoms with E-state index in [1.165, 1.54) is 0 Å². The quantitative estimate of drug-likeness (QED) is 0.447. The van der Waals surface area contributed by atoms with Gasteiger partial charge in [0, 0.05) is 5.56 Å². The molecule has 0 fully saturated rings. The Balaban J connectivity index is 1.64. The molecule has 5 rings (SSSR count). The van der Waals surface area contributed by atoms with Gasteiger partial charge in [-0.05, 0) is 43.7 Å². The molecule has 7 nitrogen and oxygen atoms in total. The molecule has 0 radical (unpaired) electrons. The minimum Gasteiger partial charge on any atom is -0.493 e. The molecule has 1 amide bonds. The third kappa shape index (κ3) is 3.61. The SMILES string of the molecule is CCOc1ccc([C@@H]2SCC(=O)Nc3c2c(C)nn3-c2nc3ccccc3s2)cc1OC. The lowest BCUT2D eigenvalue weighted by atomic mass is 10.0. The van der Waals surface area contributed by atoms with Crippen LogP contribution in [0.25, 0.3) is 15.3 Å². The first-order valence-electron chi connectivity index (χ1n) is 10.3. The Morgan fingerprint density at radius 3 is 2.84 bits per heavy atom. The number of thiazole rings is 1. The summed E-state index contributed by atoms with van der Waals surface area (Å²) in [6.07, 6.45) is 0. The van der Waals surface area contributed by atoms with Gasteiger partial charge in [0.2, 0.25) is 11.0 Å². The van der Waals surface area contributed by atoms with Crippen LogP contribution in [-0.2, 0) is 4.79 Å². The molecule has 2 aromatic heterocycles. The first-order chi connectivity index (χ1) is 15.6. The minimum absolute atomic E-state index is 0.0566. The number of carbonyl (C=O) groups excluding carboxylic acids is 1. The first kappa shape index (κ1) is 20.8. The number of methoxy groups -OCH3 is 1. The highest BCUT2D eigenvalue weighted by molar-refractivity contribution is 8.00. The predicted molar refractivity (Wildman–Crippen MR) is 129 cm³/mol. The molecule has 0 bridgehead atoms. The van der Waals surface area contributed by atoms with Gasteiger partial charge in [-0.3, -0.25) is 4.79 Å². The standard InChI is InChI=1S/C23H22N4O3S2/c1-4-30-16-10-9-14(11-17(16)29-3)21-20-13(2)26-27(22(20)25-19(28)12-31-21)23-24-15-7-5-6-8-18(15)32-23/h5-11,21H,4,12H2,1-3H3,(H,25,28)/t21-/m0/s1. The van der Waals surface area contributed by atoms with Crippen molar-refractivity contribution in [1.82, 2.24) is 14.8 Å². The molecule has 3 heterocycles. The molecule has 2 aromatic carbocycles. The van der Waals surface area contributed by atoms with Gasteiger partial charge in [0.25, 0.3) is 0 Å². The number of benzene rings is 2. The fraction of sp³-hybridized carbons (Fsp3) is 0.261. The van der Waals surface area contributed by atoms with Gasteiger partial charge in [0.05, 0.1) is 40.6 Å². The van der Waals surface area contributed by atoms with E-state index in [0.29, 0.717) is 29.7 Å². The highest BCUT2D eigenvalue weighted by atomic mass is 32.2. The monoisotopic (exact) mass is 466 g/mol. The second-order valence-corrected chi connectivity index (χ2v) is 9.41. The number of nitrogens with zero attached hydrogens (tertiary/aromatic N) is 3. The second-order valence-electron chi connectivity index (χ2n) is 7.31. The van der Waals surface area contributed by atoms with E-state index < -0.39 is 0 Å². The Labute approximate surface area is 193 Å². The smallest absolute Gasteiger partial charge is 0.235 e. The van der Waals surface area contributed by atoms with E-state index in [1.54, 1.807) is 34.9 Å². The summed E-state index contributed by atoms with van der Waals surface area (Å²) < 4.78 is 14.1. The van der Waals surface area contributed by atoms with Crippen LogP contribution in [-0.4, -0.2) is 40.1 Å². The van der Waals surface area contributed by atoms with Crippen molar-refractivity contribution in [3.63, 3.8) is 0 Å². The van der Waals surface area contributed by atoms with Crippen LogP contribution < -0.4 is 14.8 Å². The molecule has 4 aromatic rings. The van der Waals surface area contributed by atoms with Crippen LogP contribution in [0, 0.1) is 6.92 Å². The Kier molecular flexibility index (Phi) is 5.52. The number of nitrogens with one attached hydrogen (secondary N) is 1. The molecule has 0 saturated carbocycles. The number of fused-ring (bicyclic) bond motifs is 2. The van der Waals surface area contributed by atoms with Crippen molar-refractivity contribution < 1.29 is 14.3 Å². The Morgan fingerprint density at radius 2 is 2.06 bits per heavy atom. The molecular weight excluding hydrogens is 444 g/mol. The molecule has 9 heteroatoms. The summed E-state index contributed by atoms with van der Waals surface area (Å²) in [7, 11) is 1.63. The number of hydrogen-bond acceptors (Lipinski definition) is 7. The molecule has 1 aliphatic heterocycles. The summed E-state index contributed by atoms with van der Waals surface area (Å²) in [6, 6.07) is 13.9. The van der Waals surface area contributed by atoms with Crippen LogP contribution in [0.3, 0.4) is 0 Å². The Bertz CT molecular complexity index is 1280. The summed E-state index contributed by atoms with van der Waals surface area (Å²) >= 11 is 3.13. The van der Waals surface area contributed by atoms with Crippen LogP contribution in [0.2, 0.25) is 0 Å². The summed E-state index contributed by atoms with van der Waals surface area (Å²) in [5.41, 5.74) is 3.77. The van der Waals surface area contributed by atoms with E-state index in [2.05, 4.69) is 5.32 Å². The van der Waals surface area contributed by atoms with Gasteiger partial charge in [0.1, 0.15) is 5.82 Å². The van der Waals surface area contributed by atoms with Crippen molar-refractivity contribution in [3.8, 4) is 16.6 Å². The maximum absolute atomic E-state index is 12.6. The van der Waals surface area contributed by atoms with Crippen LogP contribution >= 0.6 is 23.1 Å². The summed E-state index contributed by atoms with van der Waals surface area (Å²) in [5, 5.41) is 8.49. The first-order valence-corrected chi connectivity index (χ1v) is 12.1. The number of para-hydroxylation sites is 1. The molecule has 0 saturated heterocycles. The second kappa shape index (κ2) is 8.48. The molecule has 32 heavy (non-hydrogen) atoms. The van der Waals surface area contributed by atoms with Crippen molar-refractivity contribution in [2.24, 2.45) is 0 Å². The third-order valence-corrected chi connectivity index (χ3v) is 7.54. The number of aryl methyl sites for hydroxylation is 1. The summed E-state index contributed by atoms with van der Waals surface area (Å²) in [6.45, 7) is 4.47. The summed E-state index contributed by atoms with van der Waals surface area (Å²) in [4.78, 5) is 17.4. The van der Waals surface area contributed by atoms with Crippen molar-refractivity contribution in [2.45, 2.75) is 19.1 Å². The zero-order valence-corrected chi connectivity index (χ0v) is 19.5. The molecule has 0 aliphatic carbocycles. The van der Waals surface area contributed by atoms with E-state index in [1.807, 2.05) is 56.3 Å². The van der Waals surface area contributed by atoms with Crippen LogP contribution in [0.15, 0.2) is 42.5 Å². The van der Waals surface area contributed by atoms with Crippen molar-refractivity contribution in [3.05, 3.63) is 59.3 Å². The van der Waals surface area contributed by atoms with Crippen LogP contribution in [0.4, 0.5) is 5.82 Å². The summed E-state index contributed by atoms with van der Waals surface area (Å²) in [5.74, 6) is 2.34. The van der Waals surface area contributed by atoms with Gasteiger partial charge >= 0.3 is 0 Å². The number of hydrogen-bond donors (Lipinski definition) is 1. The van der Waals surface area contributed by atoms with Crippen LogP contribution in [0.5, 0.6) is 11.5 Å². The number of amides is 1. The van der Waals surface area contributed by atoms with Crippen molar-refractivity contribution >= 4 is 45.0 Å². The fourth-order valence-corrected chi connectivity index (χ4v) is 5.96. The fourth-order valence-electron chi connectivity index (χ4n) is 3.86. The number of ether oxygens (including phenoxy) is 2. The van der Waals surface area contributed by atoms with Gasteiger partial charge in [-0.1, -0.05) is 29.5 Å². The average molecular weight is 467 g/mol. The highest BCUT2D eigenvalue weighted by Gasteiger charge is 2.31. The van der Waals surface area contributed by atoms with Gasteiger partial charge in [0.15, 0.2) is 11.5 Å². The van der Waals surface area contributed by atoms with E-state index in [9.17, 15) is 4.79 Å². The average Bonchev–Trinajstić information content (AvgIpc) is 3.30. The number of anilines is 1.